The fourth-order valence-electron chi connectivity index (χ4n) is 2.23. The number of nitriles is 1. The molecule has 2 rings (SSSR count). The summed E-state index contributed by atoms with van der Waals surface area (Å²) in [5.41, 5.74) is 0.899. The van der Waals surface area contributed by atoms with Crippen molar-refractivity contribution in [2.75, 3.05) is 18.4 Å². The molecule has 0 aliphatic carbocycles. The van der Waals surface area contributed by atoms with Gasteiger partial charge in [0, 0.05) is 18.8 Å². The molecule has 0 unspecified atom stereocenters. The van der Waals surface area contributed by atoms with Gasteiger partial charge in [0.1, 0.15) is 6.07 Å². The van der Waals surface area contributed by atoms with E-state index < -0.39 is 0 Å². The van der Waals surface area contributed by atoms with E-state index in [9.17, 15) is 4.79 Å². The minimum Gasteiger partial charge on any atom is -0.372 e. The number of amides is 2. The molecular formula is C14H16ClN3O2. The van der Waals surface area contributed by atoms with E-state index >= 15 is 0 Å². The molecule has 1 aliphatic rings. The first kappa shape index (κ1) is 14.6. The number of benzene rings is 1. The third-order valence-corrected chi connectivity index (χ3v) is 3.37. The van der Waals surface area contributed by atoms with Crippen molar-refractivity contribution in [2.24, 2.45) is 0 Å². The topological polar surface area (TPSA) is 65.4 Å². The van der Waals surface area contributed by atoms with E-state index in [-0.39, 0.29) is 18.2 Å². The molecule has 1 fully saturated rings. The number of morpholine rings is 1. The number of carbonyl (C=O) groups excluding carboxylic acids is 1. The zero-order valence-electron chi connectivity index (χ0n) is 11.4. The largest absolute Gasteiger partial charge is 0.372 e. The molecule has 2 amide bonds. The van der Waals surface area contributed by atoms with Crippen LogP contribution in [0.25, 0.3) is 0 Å². The Hall–Kier alpha value is -1.77. The Morgan fingerprint density at radius 3 is 2.70 bits per heavy atom. The highest BCUT2D eigenvalue weighted by Crippen LogP contribution is 2.20. The highest BCUT2D eigenvalue weighted by atomic mass is 35.5. The Kier molecular flexibility index (Phi) is 4.48. The maximum Gasteiger partial charge on any atom is 0.322 e. The lowest BCUT2D eigenvalue weighted by molar-refractivity contribution is -0.0530. The van der Waals surface area contributed by atoms with Crippen molar-refractivity contribution in [1.29, 1.82) is 5.26 Å². The van der Waals surface area contributed by atoms with Crippen LogP contribution < -0.4 is 5.32 Å². The van der Waals surface area contributed by atoms with E-state index in [2.05, 4.69) is 5.32 Å². The summed E-state index contributed by atoms with van der Waals surface area (Å²) < 4.78 is 5.59. The Bertz CT molecular complexity index is 546. The third-order valence-electron chi connectivity index (χ3n) is 3.04. The van der Waals surface area contributed by atoms with Crippen LogP contribution in [0, 0.1) is 11.3 Å². The average molecular weight is 294 g/mol. The SMILES string of the molecule is C[C@@H]1CN(C(=O)Nc2ccc(Cl)c(C#N)c2)C[C@H](C)O1. The molecule has 1 N–H and O–H groups in total. The molecule has 20 heavy (non-hydrogen) atoms. The Balaban J connectivity index is 2.06. The predicted octanol–water partition coefficient (Wildman–Crippen LogP) is 2.85. The van der Waals surface area contributed by atoms with Crippen molar-refractivity contribution in [3.8, 4) is 6.07 Å². The van der Waals surface area contributed by atoms with Crippen molar-refractivity contribution in [1.82, 2.24) is 4.90 Å². The zero-order valence-corrected chi connectivity index (χ0v) is 12.1. The highest BCUT2D eigenvalue weighted by Gasteiger charge is 2.25. The van der Waals surface area contributed by atoms with Crippen LogP contribution in [-0.4, -0.2) is 36.2 Å². The first-order chi connectivity index (χ1) is 9.49. The van der Waals surface area contributed by atoms with E-state index in [1.807, 2.05) is 19.9 Å². The molecule has 1 aromatic rings. The number of urea groups is 1. The van der Waals surface area contributed by atoms with Crippen molar-refractivity contribution in [3.63, 3.8) is 0 Å². The minimum absolute atomic E-state index is 0.0180. The maximum atomic E-state index is 12.2. The maximum absolute atomic E-state index is 12.2. The fraction of sp³-hybridized carbons (Fsp3) is 0.429. The quantitative estimate of drug-likeness (QED) is 0.866. The molecule has 1 heterocycles. The Morgan fingerprint density at radius 1 is 1.45 bits per heavy atom. The van der Waals surface area contributed by atoms with Crippen LogP contribution in [0.5, 0.6) is 0 Å². The van der Waals surface area contributed by atoms with Crippen LogP contribution >= 0.6 is 11.6 Å². The summed E-state index contributed by atoms with van der Waals surface area (Å²) in [6, 6.07) is 6.63. The van der Waals surface area contributed by atoms with E-state index in [1.54, 1.807) is 23.1 Å². The highest BCUT2D eigenvalue weighted by molar-refractivity contribution is 6.31. The van der Waals surface area contributed by atoms with Gasteiger partial charge < -0.3 is 15.0 Å². The molecule has 0 radical (unpaired) electrons. The lowest BCUT2D eigenvalue weighted by Crippen LogP contribution is -2.49. The number of rotatable bonds is 1. The van der Waals surface area contributed by atoms with Crippen LogP contribution in [0.4, 0.5) is 10.5 Å². The van der Waals surface area contributed by atoms with E-state index in [0.29, 0.717) is 29.4 Å². The van der Waals surface area contributed by atoms with Crippen LogP contribution in [0.1, 0.15) is 19.4 Å². The molecule has 1 saturated heterocycles. The second kappa shape index (κ2) is 6.12. The number of anilines is 1. The summed E-state index contributed by atoms with van der Waals surface area (Å²) in [5.74, 6) is 0. The average Bonchev–Trinajstić information content (AvgIpc) is 2.39. The van der Waals surface area contributed by atoms with Gasteiger partial charge in [-0.2, -0.15) is 5.26 Å². The Morgan fingerprint density at radius 2 is 2.10 bits per heavy atom. The van der Waals surface area contributed by atoms with E-state index in [1.165, 1.54) is 0 Å². The van der Waals surface area contributed by atoms with Crippen LogP contribution in [0.2, 0.25) is 5.02 Å². The third kappa shape index (κ3) is 3.41. The molecule has 2 atom stereocenters. The summed E-state index contributed by atoms with van der Waals surface area (Å²) in [7, 11) is 0. The van der Waals surface area contributed by atoms with Crippen molar-refractivity contribution >= 4 is 23.3 Å². The van der Waals surface area contributed by atoms with E-state index in [4.69, 9.17) is 21.6 Å². The smallest absolute Gasteiger partial charge is 0.322 e. The molecule has 5 nitrogen and oxygen atoms in total. The fourth-order valence-corrected chi connectivity index (χ4v) is 2.39. The van der Waals surface area contributed by atoms with E-state index in [0.717, 1.165) is 0 Å². The van der Waals surface area contributed by atoms with Crippen molar-refractivity contribution in [2.45, 2.75) is 26.1 Å². The normalized spacial score (nSPS) is 22.2. The van der Waals surface area contributed by atoms with Crippen LogP contribution in [0.3, 0.4) is 0 Å². The van der Waals surface area contributed by atoms with Gasteiger partial charge in [0.15, 0.2) is 0 Å². The first-order valence-electron chi connectivity index (χ1n) is 6.40. The summed E-state index contributed by atoms with van der Waals surface area (Å²) in [5, 5.41) is 12.1. The monoisotopic (exact) mass is 293 g/mol. The molecule has 0 bridgehead atoms. The molecule has 0 spiro atoms. The van der Waals surface area contributed by atoms with Gasteiger partial charge in [-0.1, -0.05) is 11.6 Å². The number of carbonyl (C=O) groups is 1. The zero-order chi connectivity index (χ0) is 14.7. The summed E-state index contributed by atoms with van der Waals surface area (Å²) >= 11 is 5.86. The number of hydrogen-bond acceptors (Lipinski definition) is 3. The Labute approximate surface area is 123 Å². The summed E-state index contributed by atoms with van der Waals surface area (Å²) in [6.07, 6.45) is 0.0359. The lowest BCUT2D eigenvalue weighted by Gasteiger charge is -2.35. The number of halogens is 1. The summed E-state index contributed by atoms with van der Waals surface area (Å²) in [4.78, 5) is 13.9. The van der Waals surface area contributed by atoms with Crippen molar-refractivity contribution < 1.29 is 9.53 Å². The molecule has 1 aromatic carbocycles. The molecule has 106 valence electrons. The second-order valence-corrected chi connectivity index (χ2v) is 5.31. The molecule has 0 saturated carbocycles. The van der Waals surface area contributed by atoms with Gasteiger partial charge in [0.25, 0.3) is 0 Å². The second-order valence-electron chi connectivity index (χ2n) is 4.90. The van der Waals surface area contributed by atoms with Crippen LogP contribution in [-0.2, 0) is 4.74 Å². The lowest BCUT2D eigenvalue weighted by atomic mass is 10.2. The van der Waals surface area contributed by atoms with Gasteiger partial charge in [0.2, 0.25) is 0 Å². The number of nitrogens with zero attached hydrogens (tertiary/aromatic N) is 2. The molecule has 1 aliphatic heterocycles. The minimum atomic E-state index is -0.196. The standard InChI is InChI=1S/C14H16ClN3O2/c1-9-7-18(8-10(2)20-9)14(19)17-12-3-4-13(15)11(5-12)6-16/h3-5,9-10H,7-8H2,1-2H3,(H,17,19)/t9-,10+. The predicted molar refractivity (Wildman–Crippen MR) is 76.8 cm³/mol. The molecule has 0 aromatic heterocycles. The van der Waals surface area contributed by atoms with Crippen LogP contribution in [0.15, 0.2) is 18.2 Å². The van der Waals surface area contributed by atoms with Crippen molar-refractivity contribution in [3.05, 3.63) is 28.8 Å². The molecular weight excluding hydrogens is 278 g/mol. The molecule has 6 heteroatoms. The van der Waals surface area contributed by atoms with Gasteiger partial charge in [-0.05, 0) is 32.0 Å². The van der Waals surface area contributed by atoms with Gasteiger partial charge in [0.05, 0.1) is 22.8 Å². The number of ether oxygens (including phenoxy) is 1. The first-order valence-corrected chi connectivity index (χ1v) is 6.78. The van der Waals surface area contributed by atoms with Gasteiger partial charge in [-0.25, -0.2) is 4.79 Å². The number of hydrogen-bond donors (Lipinski definition) is 1. The van der Waals surface area contributed by atoms with Gasteiger partial charge in [-0.15, -0.1) is 0 Å². The summed E-state index contributed by atoms with van der Waals surface area (Å²) in [6.45, 7) is 4.97. The van der Waals surface area contributed by atoms with Gasteiger partial charge >= 0.3 is 6.03 Å². The number of nitrogens with one attached hydrogen (secondary N) is 1. The van der Waals surface area contributed by atoms with Gasteiger partial charge in [-0.3, -0.25) is 0 Å².